The van der Waals surface area contributed by atoms with E-state index in [2.05, 4.69) is 23.8 Å². The van der Waals surface area contributed by atoms with Gasteiger partial charge < -0.3 is 14.2 Å². The van der Waals surface area contributed by atoms with E-state index in [0.29, 0.717) is 30.7 Å². The van der Waals surface area contributed by atoms with Crippen LogP contribution >= 0.6 is 0 Å². The fourth-order valence-corrected chi connectivity index (χ4v) is 2.62. The van der Waals surface area contributed by atoms with Crippen molar-refractivity contribution in [1.82, 2.24) is 23.8 Å². The molecule has 0 aliphatic heterocycles. The SMILES string of the molecule is COCCN(C)C(=O)c1nc(-c2cn(C(C)C)cn2)n2ccccc12. The van der Waals surface area contributed by atoms with Crippen LogP contribution in [0.15, 0.2) is 36.9 Å². The molecule has 0 fully saturated rings. The van der Waals surface area contributed by atoms with Crippen molar-refractivity contribution in [3.63, 3.8) is 0 Å². The normalized spacial score (nSPS) is 11.4. The van der Waals surface area contributed by atoms with Crippen LogP contribution in [0.2, 0.25) is 0 Å². The van der Waals surface area contributed by atoms with E-state index in [-0.39, 0.29) is 5.91 Å². The van der Waals surface area contributed by atoms with Crippen molar-refractivity contribution in [3.05, 3.63) is 42.6 Å². The maximum absolute atomic E-state index is 12.8. The number of carbonyl (C=O) groups is 1. The summed E-state index contributed by atoms with van der Waals surface area (Å²) in [4.78, 5) is 23.5. The van der Waals surface area contributed by atoms with Crippen LogP contribution in [0.3, 0.4) is 0 Å². The van der Waals surface area contributed by atoms with E-state index in [4.69, 9.17) is 4.74 Å². The Morgan fingerprint density at radius 1 is 1.36 bits per heavy atom. The van der Waals surface area contributed by atoms with Crippen LogP contribution in [0.1, 0.15) is 30.4 Å². The summed E-state index contributed by atoms with van der Waals surface area (Å²) in [6.45, 7) is 5.18. The quantitative estimate of drug-likeness (QED) is 0.691. The maximum atomic E-state index is 12.8. The molecule has 7 heteroatoms. The maximum Gasteiger partial charge on any atom is 0.274 e. The highest BCUT2D eigenvalue weighted by Crippen LogP contribution is 2.23. The highest BCUT2D eigenvalue weighted by molar-refractivity contribution is 5.99. The third-order valence-corrected chi connectivity index (χ3v) is 4.16. The Hall–Kier alpha value is -2.67. The first-order chi connectivity index (χ1) is 12.0. The number of hydrogen-bond donors (Lipinski definition) is 0. The summed E-state index contributed by atoms with van der Waals surface area (Å²) in [6, 6.07) is 6.03. The molecule has 7 nitrogen and oxygen atoms in total. The second-order valence-corrected chi connectivity index (χ2v) is 6.26. The summed E-state index contributed by atoms with van der Waals surface area (Å²) in [7, 11) is 3.37. The molecule has 0 radical (unpaired) electrons. The van der Waals surface area contributed by atoms with Crippen molar-refractivity contribution in [3.8, 4) is 11.5 Å². The molecule has 0 aliphatic rings. The van der Waals surface area contributed by atoms with Crippen LogP contribution in [0.25, 0.3) is 17.0 Å². The lowest BCUT2D eigenvalue weighted by molar-refractivity contribution is 0.0741. The molecule has 0 saturated heterocycles. The number of rotatable bonds is 6. The van der Waals surface area contributed by atoms with Gasteiger partial charge in [-0.1, -0.05) is 6.07 Å². The van der Waals surface area contributed by atoms with E-state index in [0.717, 1.165) is 11.2 Å². The van der Waals surface area contributed by atoms with E-state index in [1.807, 2.05) is 39.6 Å². The summed E-state index contributed by atoms with van der Waals surface area (Å²) in [5.74, 6) is 0.536. The summed E-state index contributed by atoms with van der Waals surface area (Å²) in [6.07, 6.45) is 5.64. The Morgan fingerprint density at radius 2 is 2.16 bits per heavy atom. The molecule has 1 amide bonds. The number of aromatic nitrogens is 4. The molecule has 0 N–H and O–H groups in total. The van der Waals surface area contributed by atoms with Crippen LogP contribution in [0.5, 0.6) is 0 Å². The predicted octanol–water partition coefficient (Wildman–Crippen LogP) is 2.50. The second-order valence-electron chi connectivity index (χ2n) is 6.26. The third kappa shape index (κ3) is 3.28. The van der Waals surface area contributed by atoms with E-state index < -0.39 is 0 Å². The van der Waals surface area contributed by atoms with Crippen LogP contribution in [0, 0.1) is 0 Å². The van der Waals surface area contributed by atoms with Crippen molar-refractivity contribution in [2.24, 2.45) is 0 Å². The number of amides is 1. The number of methoxy groups -OCH3 is 1. The standard InChI is InChI=1S/C18H23N5O2/c1-13(2)22-11-14(19-12-22)17-20-16(15-7-5-6-8-23(15)17)18(24)21(3)9-10-25-4/h5-8,11-13H,9-10H2,1-4H3. The van der Waals surface area contributed by atoms with E-state index in [1.54, 1.807) is 25.4 Å². The Bertz CT molecular complexity index is 881. The average molecular weight is 341 g/mol. The Balaban J connectivity index is 2.04. The summed E-state index contributed by atoms with van der Waals surface area (Å²) in [5, 5.41) is 0. The van der Waals surface area contributed by atoms with Gasteiger partial charge >= 0.3 is 0 Å². The zero-order valence-electron chi connectivity index (χ0n) is 15.0. The van der Waals surface area contributed by atoms with Gasteiger partial charge in [-0.15, -0.1) is 0 Å². The number of pyridine rings is 1. The van der Waals surface area contributed by atoms with Gasteiger partial charge in [0, 0.05) is 39.1 Å². The Kier molecular flexibility index (Phi) is 4.85. The van der Waals surface area contributed by atoms with Gasteiger partial charge in [0.2, 0.25) is 0 Å². The van der Waals surface area contributed by atoms with Crippen molar-refractivity contribution in [1.29, 1.82) is 0 Å². The van der Waals surface area contributed by atoms with Crippen LogP contribution < -0.4 is 0 Å². The topological polar surface area (TPSA) is 64.7 Å². The van der Waals surface area contributed by atoms with Crippen molar-refractivity contribution >= 4 is 11.4 Å². The minimum atomic E-state index is -0.129. The van der Waals surface area contributed by atoms with E-state index >= 15 is 0 Å². The molecular weight excluding hydrogens is 318 g/mol. The summed E-state index contributed by atoms with van der Waals surface area (Å²) in [5.41, 5.74) is 1.94. The average Bonchev–Trinajstić information content (AvgIpc) is 3.23. The van der Waals surface area contributed by atoms with Crippen molar-refractivity contribution < 1.29 is 9.53 Å². The third-order valence-electron chi connectivity index (χ3n) is 4.16. The Labute approximate surface area is 146 Å². The highest BCUT2D eigenvalue weighted by atomic mass is 16.5. The minimum Gasteiger partial charge on any atom is -0.383 e. The first kappa shape index (κ1) is 17.2. The van der Waals surface area contributed by atoms with Gasteiger partial charge in [0.05, 0.1) is 18.5 Å². The van der Waals surface area contributed by atoms with Gasteiger partial charge in [0.1, 0.15) is 5.69 Å². The molecule has 3 rings (SSSR count). The van der Waals surface area contributed by atoms with Crippen LogP contribution in [-0.4, -0.2) is 57.1 Å². The molecule has 3 aromatic rings. The zero-order chi connectivity index (χ0) is 18.0. The predicted molar refractivity (Wildman–Crippen MR) is 95.6 cm³/mol. The van der Waals surface area contributed by atoms with Gasteiger partial charge in [-0.25, -0.2) is 9.97 Å². The van der Waals surface area contributed by atoms with Gasteiger partial charge in [0.25, 0.3) is 5.91 Å². The molecule has 0 saturated carbocycles. The van der Waals surface area contributed by atoms with Crippen molar-refractivity contribution in [2.45, 2.75) is 19.9 Å². The smallest absolute Gasteiger partial charge is 0.274 e. The van der Waals surface area contributed by atoms with Gasteiger partial charge in [-0.3, -0.25) is 9.20 Å². The van der Waals surface area contributed by atoms with Crippen molar-refractivity contribution in [2.75, 3.05) is 27.3 Å². The number of carbonyl (C=O) groups excluding carboxylic acids is 1. The second kappa shape index (κ2) is 7.06. The molecule has 0 atom stereocenters. The Morgan fingerprint density at radius 3 is 2.84 bits per heavy atom. The number of nitrogens with zero attached hydrogens (tertiary/aromatic N) is 5. The zero-order valence-corrected chi connectivity index (χ0v) is 15.0. The number of imidazole rings is 2. The number of ether oxygens (including phenoxy) is 1. The number of likely N-dealkylation sites (N-methyl/N-ethyl adjacent to an activating group) is 1. The van der Waals surface area contributed by atoms with Crippen LogP contribution in [0.4, 0.5) is 0 Å². The first-order valence-corrected chi connectivity index (χ1v) is 8.28. The fraction of sp³-hybridized carbons (Fsp3) is 0.389. The van der Waals surface area contributed by atoms with Gasteiger partial charge in [0.15, 0.2) is 11.5 Å². The largest absolute Gasteiger partial charge is 0.383 e. The number of hydrogen-bond acceptors (Lipinski definition) is 4. The molecule has 3 heterocycles. The molecule has 25 heavy (non-hydrogen) atoms. The molecule has 0 spiro atoms. The van der Waals surface area contributed by atoms with E-state index in [9.17, 15) is 4.79 Å². The first-order valence-electron chi connectivity index (χ1n) is 8.28. The highest BCUT2D eigenvalue weighted by Gasteiger charge is 2.22. The molecule has 0 aromatic carbocycles. The molecule has 132 valence electrons. The summed E-state index contributed by atoms with van der Waals surface area (Å²) >= 11 is 0. The fourth-order valence-electron chi connectivity index (χ4n) is 2.62. The summed E-state index contributed by atoms with van der Waals surface area (Å²) < 4.78 is 8.98. The van der Waals surface area contributed by atoms with E-state index in [1.165, 1.54) is 0 Å². The lowest BCUT2D eigenvalue weighted by Gasteiger charge is -2.15. The number of fused-ring (bicyclic) bond motifs is 1. The van der Waals surface area contributed by atoms with Gasteiger partial charge in [-0.05, 0) is 26.0 Å². The monoisotopic (exact) mass is 341 g/mol. The van der Waals surface area contributed by atoms with Crippen LogP contribution in [-0.2, 0) is 4.74 Å². The molecule has 0 bridgehead atoms. The lowest BCUT2D eigenvalue weighted by Crippen LogP contribution is -2.30. The van der Waals surface area contributed by atoms with Gasteiger partial charge in [-0.2, -0.15) is 0 Å². The molecular formula is C18H23N5O2. The molecule has 3 aromatic heterocycles. The molecule has 0 unspecified atom stereocenters. The lowest BCUT2D eigenvalue weighted by atomic mass is 10.3. The molecule has 0 aliphatic carbocycles. The minimum absolute atomic E-state index is 0.129.